The molecule has 0 fully saturated rings. The number of alkyl halides is 1. The number of aliphatic hydroxyl groups is 1. The molecule has 11 heavy (non-hydrogen) atoms. The van der Waals surface area contributed by atoms with Gasteiger partial charge in [0, 0.05) is 11.9 Å². The van der Waals surface area contributed by atoms with Crippen LogP contribution in [0.2, 0.25) is 0 Å². The molecule has 0 aliphatic rings. The van der Waals surface area contributed by atoms with Gasteiger partial charge in [0.15, 0.2) is 0 Å². The van der Waals surface area contributed by atoms with E-state index in [4.69, 9.17) is 16.7 Å². The monoisotopic (exact) mass is 179 g/mol. The number of rotatable bonds is 6. The highest BCUT2D eigenvalue weighted by atomic mass is 35.5. The number of likely N-dealkylation sites (N-methyl/N-ethyl adjacent to an activating group) is 1. The first-order valence-corrected chi connectivity index (χ1v) is 4.63. The van der Waals surface area contributed by atoms with E-state index in [1.165, 1.54) is 0 Å². The molecule has 68 valence electrons. The van der Waals surface area contributed by atoms with Crippen LogP contribution in [0.15, 0.2) is 0 Å². The summed E-state index contributed by atoms with van der Waals surface area (Å²) in [7, 11) is 2.02. The summed E-state index contributed by atoms with van der Waals surface area (Å²) in [6.07, 6.45) is 2.17. The Morgan fingerprint density at radius 1 is 1.45 bits per heavy atom. The van der Waals surface area contributed by atoms with Crippen molar-refractivity contribution in [3.05, 3.63) is 0 Å². The SMILES string of the molecule is CC(CO)N(C)CCCCCl. The van der Waals surface area contributed by atoms with Crippen molar-refractivity contribution in [3.8, 4) is 0 Å². The van der Waals surface area contributed by atoms with Crippen LogP contribution in [-0.2, 0) is 0 Å². The van der Waals surface area contributed by atoms with Crippen molar-refractivity contribution in [2.45, 2.75) is 25.8 Å². The van der Waals surface area contributed by atoms with Crippen LogP contribution in [0.25, 0.3) is 0 Å². The Morgan fingerprint density at radius 2 is 2.09 bits per heavy atom. The molecule has 0 aromatic rings. The normalized spacial score (nSPS) is 13.9. The van der Waals surface area contributed by atoms with Gasteiger partial charge in [0.25, 0.3) is 0 Å². The second-order valence-corrected chi connectivity index (χ2v) is 3.29. The molecule has 2 nitrogen and oxygen atoms in total. The summed E-state index contributed by atoms with van der Waals surface area (Å²) in [5.74, 6) is 0.737. The van der Waals surface area contributed by atoms with Crippen molar-refractivity contribution >= 4 is 11.6 Å². The van der Waals surface area contributed by atoms with E-state index >= 15 is 0 Å². The summed E-state index contributed by atoms with van der Waals surface area (Å²) in [4.78, 5) is 2.15. The minimum Gasteiger partial charge on any atom is -0.395 e. The van der Waals surface area contributed by atoms with Crippen molar-refractivity contribution in [1.29, 1.82) is 0 Å². The third-order valence-electron chi connectivity index (χ3n) is 1.91. The summed E-state index contributed by atoms with van der Waals surface area (Å²) in [5, 5.41) is 8.79. The lowest BCUT2D eigenvalue weighted by Crippen LogP contribution is -2.32. The minimum absolute atomic E-state index is 0.234. The molecule has 0 aromatic carbocycles. The Bertz CT molecular complexity index is 90.2. The van der Waals surface area contributed by atoms with Crippen LogP contribution in [0.5, 0.6) is 0 Å². The van der Waals surface area contributed by atoms with E-state index in [1.807, 2.05) is 14.0 Å². The molecule has 1 atom stereocenters. The number of aliphatic hydroxyl groups excluding tert-OH is 1. The maximum Gasteiger partial charge on any atom is 0.0584 e. The highest BCUT2D eigenvalue weighted by Crippen LogP contribution is 1.98. The third kappa shape index (κ3) is 5.48. The van der Waals surface area contributed by atoms with Crippen LogP contribution < -0.4 is 0 Å². The predicted molar refractivity (Wildman–Crippen MR) is 49.1 cm³/mol. The zero-order valence-electron chi connectivity index (χ0n) is 7.39. The second kappa shape index (κ2) is 6.89. The van der Waals surface area contributed by atoms with Crippen LogP contribution in [-0.4, -0.2) is 42.1 Å². The largest absolute Gasteiger partial charge is 0.395 e. The molecule has 0 aromatic heterocycles. The van der Waals surface area contributed by atoms with Crippen molar-refractivity contribution in [1.82, 2.24) is 4.90 Å². The Hall–Kier alpha value is 0.210. The third-order valence-corrected chi connectivity index (χ3v) is 2.18. The number of halogens is 1. The highest BCUT2D eigenvalue weighted by Gasteiger charge is 2.05. The van der Waals surface area contributed by atoms with Gasteiger partial charge in [-0.1, -0.05) is 0 Å². The van der Waals surface area contributed by atoms with Gasteiger partial charge in [0.05, 0.1) is 6.61 Å². The fourth-order valence-electron chi connectivity index (χ4n) is 0.815. The summed E-state index contributed by atoms with van der Waals surface area (Å²) in [5.41, 5.74) is 0. The van der Waals surface area contributed by atoms with Gasteiger partial charge in [-0.05, 0) is 33.4 Å². The number of hydrogen-bond acceptors (Lipinski definition) is 2. The first-order chi connectivity index (χ1) is 5.22. The maximum atomic E-state index is 8.79. The van der Waals surface area contributed by atoms with Crippen molar-refractivity contribution in [3.63, 3.8) is 0 Å². The van der Waals surface area contributed by atoms with Crippen LogP contribution in [0.3, 0.4) is 0 Å². The fraction of sp³-hybridized carbons (Fsp3) is 1.00. The minimum atomic E-state index is 0.234. The predicted octanol–water partition coefficient (Wildman–Crippen LogP) is 1.32. The lowest BCUT2D eigenvalue weighted by atomic mass is 10.2. The van der Waals surface area contributed by atoms with E-state index < -0.39 is 0 Å². The molecule has 0 rings (SSSR count). The standard InChI is InChI=1S/C8H18ClNO/c1-8(7-11)10(2)6-4-3-5-9/h8,11H,3-7H2,1-2H3. The molecule has 0 bridgehead atoms. The van der Waals surface area contributed by atoms with Gasteiger partial charge in [-0.15, -0.1) is 11.6 Å². The lowest BCUT2D eigenvalue weighted by Gasteiger charge is -2.22. The Morgan fingerprint density at radius 3 is 2.55 bits per heavy atom. The summed E-state index contributed by atoms with van der Waals surface area (Å²) in [6.45, 7) is 3.27. The van der Waals surface area contributed by atoms with Crippen LogP contribution >= 0.6 is 11.6 Å². The molecule has 0 amide bonds. The van der Waals surface area contributed by atoms with Gasteiger partial charge in [-0.2, -0.15) is 0 Å². The number of hydrogen-bond donors (Lipinski definition) is 1. The van der Waals surface area contributed by atoms with Gasteiger partial charge >= 0.3 is 0 Å². The smallest absolute Gasteiger partial charge is 0.0584 e. The molecule has 1 unspecified atom stereocenters. The average molecular weight is 180 g/mol. The molecular formula is C8H18ClNO. The van der Waals surface area contributed by atoms with Crippen LogP contribution in [0.4, 0.5) is 0 Å². The second-order valence-electron chi connectivity index (χ2n) is 2.91. The molecule has 0 radical (unpaired) electrons. The molecule has 0 aliphatic carbocycles. The van der Waals surface area contributed by atoms with Crippen molar-refractivity contribution in [2.24, 2.45) is 0 Å². The summed E-state index contributed by atoms with van der Waals surface area (Å²) in [6, 6.07) is 0.269. The molecular weight excluding hydrogens is 162 g/mol. The zero-order valence-corrected chi connectivity index (χ0v) is 8.14. The highest BCUT2D eigenvalue weighted by molar-refractivity contribution is 6.17. The van der Waals surface area contributed by atoms with Gasteiger partial charge in [-0.25, -0.2) is 0 Å². The zero-order chi connectivity index (χ0) is 8.69. The fourth-order valence-corrected chi connectivity index (χ4v) is 1.00. The first kappa shape index (κ1) is 11.2. The van der Waals surface area contributed by atoms with E-state index in [1.54, 1.807) is 0 Å². The van der Waals surface area contributed by atoms with Gasteiger partial charge < -0.3 is 10.0 Å². The summed E-state index contributed by atoms with van der Waals surface area (Å²) < 4.78 is 0. The Balaban J connectivity index is 3.28. The molecule has 0 saturated heterocycles. The summed E-state index contributed by atoms with van der Waals surface area (Å²) >= 11 is 5.53. The van der Waals surface area contributed by atoms with Crippen molar-refractivity contribution < 1.29 is 5.11 Å². The first-order valence-electron chi connectivity index (χ1n) is 4.09. The van der Waals surface area contributed by atoms with Crippen LogP contribution in [0.1, 0.15) is 19.8 Å². The van der Waals surface area contributed by atoms with E-state index in [0.29, 0.717) is 0 Å². The van der Waals surface area contributed by atoms with Gasteiger partial charge in [0.1, 0.15) is 0 Å². The van der Waals surface area contributed by atoms with E-state index in [2.05, 4.69) is 4.90 Å². The number of nitrogens with zero attached hydrogens (tertiary/aromatic N) is 1. The molecule has 3 heteroatoms. The van der Waals surface area contributed by atoms with Gasteiger partial charge in [-0.3, -0.25) is 0 Å². The van der Waals surface area contributed by atoms with E-state index in [9.17, 15) is 0 Å². The molecule has 0 spiro atoms. The number of unbranched alkanes of at least 4 members (excludes halogenated alkanes) is 1. The maximum absolute atomic E-state index is 8.79. The molecule has 0 aliphatic heterocycles. The lowest BCUT2D eigenvalue weighted by molar-refractivity contribution is 0.158. The topological polar surface area (TPSA) is 23.5 Å². The molecule has 0 saturated carbocycles. The Labute approximate surface area is 74.2 Å². The van der Waals surface area contributed by atoms with Crippen LogP contribution in [0, 0.1) is 0 Å². The van der Waals surface area contributed by atoms with E-state index in [0.717, 1.165) is 25.3 Å². The Kier molecular flexibility index (Phi) is 7.02. The molecule has 0 heterocycles. The van der Waals surface area contributed by atoms with Crippen molar-refractivity contribution in [2.75, 3.05) is 26.1 Å². The average Bonchev–Trinajstić information content (AvgIpc) is 2.03. The van der Waals surface area contributed by atoms with Gasteiger partial charge in [0.2, 0.25) is 0 Å². The molecule has 1 N–H and O–H groups in total. The van der Waals surface area contributed by atoms with E-state index in [-0.39, 0.29) is 12.6 Å². The quantitative estimate of drug-likeness (QED) is 0.491.